The largest absolute Gasteiger partial charge is 0.325 e. The van der Waals surface area contributed by atoms with Crippen LogP contribution in [0, 0.1) is 13.8 Å². The smallest absolute Gasteiger partial charge is 0.320 e. The fraction of sp³-hybridized carbons (Fsp3) is 0.150. The molecule has 26 heavy (non-hydrogen) atoms. The lowest BCUT2D eigenvalue weighted by Crippen LogP contribution is -2.41. The SMILES string of the molecule is Cc1cc(C)cc(NC(=O)Cn2ccn(-c3ccccc3)c(=O)c2=O)c1. The molecule has 0 atom stereocenters. The standard InChI is InChI=1S/C20H19N3O3/c1-14-10-15(2)12-16(11-14)21-18(24)13-22-8-9-23(20(26)19(22)25)17-6-4-3-5-7-17/h3-12H,13H2,1-2H3,(H,21,24). The number of nitrogens with zero attached hydrogens (tertiary/aromatic N) is 2. The summed E-state index contributed by atoms with van der Waals surface area (Å²) in [6.45, 7) is 3.66. The van der Waals surface area contributed by atoms with Crippen LogP contribution in [0.2, 0.25) is 0 Å². The summed E-state index contributed by atoms with van der Waals surface area (Å²) in [5.74, 6) is -0.367. The van der Waals surface area contributed by atoms with Crippen molar-refractivity contribution in [2.45, 2.75) is 20.4 Å². The third-order valence-electron chi connectivity index (χ3n) is 3.91. The van der Waals surface area contributed by atoms with E-state index in [0.717, 1.165) is 15.7 Å². The molecule has 0 saturated carbocycles. The fourth-order valence-electron chi connectivity index (χ4n) is 2.83. The Morgan fingerprint density at radius 3 is 2.23 bits per heavy atom. The molecule has 0 saturated heterocycles. The third kappa shape index (κ3) is 3.80. The van der Waals surface area contributed by atoms with Crippen molar-refractivity contribution in [1.29, 1.82) is 0 Å². The number of carbonyl (C=O) groups is 1. The first kappa shape index (κ1) is 17.4. The number of benzene rings is 2. The lowest BCUT2D eigenvalue weighted by molar-refractivity contribution is -0.116. The van der Waals surface area contributed by atoms with Crippen molar-refractivity contribution in [3.05, 3.63) is 92.8 Å². The first-order valence-corrected chi connectivity index (χ1v) is 8.20. The molecule has 0 spiro atoms. The van der Waals surface area contributed by atoms with Crippen molar-refractivity contribution in [3.63, 3.8) is 0 Å². The van der Waals surface area contributed by atoms with Gasteiger partial charge in [0, 0.05) is 23.8 Å². The predicted molar refractivity (Wildman–Crippen MR) is 101 cm³/mol. The summed E-state index contributed by atoms with van der Waals surface area (Å²) in [4.78, 5) is 36.9. The molecular weight excluding hydrogens is 330 g/mol. The van der Waals surface area contributed by atoms with Gasteiger partial charge in [0.25, 0.3) is 0 Å². The molecule has 0 fully saturated rings. The number of amides is 1. The van der Waals surface area contributed by atoms with Gasteiger partial charge in [-0.3, -0.25) is 23.5 Å². The van der Waals surface area contributed by atoms with Crippen LogP contribution in [0.4, 0.5) is 5.69 Å². The molecule has 0 aliphatic rings. The van der Waals surface area contributed by atoms with Crippen LogP contribution in [0.3, 0.4) is 0 Å². The molecule has 0 radical (unpaired) electrons. The molecule has 3 rings (SSSR count). The lowest BCUT2D eigenvalue weighted by atomic mass is 10.1. The second-order valence-corrected chi connectivity index (χ2v) is 6.17. The zero-order valence-corrected chi connectivity index (χ0v) is 14.6. The van der Waals surface area contributed by atoms with Crippen LogP contribution in [0.5, 0.6) is 0 Å². The third-order valence-corrected chi connectivity index (χ3v) is 3.91. The summed E-state index contributed by atoms with van der Waals surface area (Å²) in [6.07, 6.45) is 2.93. The Morgan fingerprint density at radius 1 is 0.923 bits per heavy atom. The summed E-state index contributed by atoms with van der Waals surface area (Å²) < 4.78 is 2.38. The van der Waals surface area contributed by atoms with Crippen LogP contribution in [0.1, 0.15) is 11.1 Å². The summed E-state index contributed by atoms with van der Waals surface area (Å²) in [5.41, 5.74) is 1.88. The fourth-order valence-corrected chi connectivity index (χ4v) is 2.83. The van der Waals surface area contributed by atoms with E-state index >= 15 is 0 Å². The summed E-state index contributed by atoms with van der Waals surface area (Å²) in [6, 6.07) is 14.6. The number of nitrogens with one attached hydrogen (secondary N) is 1. The van der Waals surface area contributed by atoms with Crippen molar-refractivity contribution in [1.82, 2.24) is 9.13 Å². The van der Waals surface area contributed by atoms with E-state index in [0.29, 0.717) is 11.4 Å². The van der Waals surface area contributed by atoms with Crippen molar-refractivity contribution < 1.29 is 4.79 Å². The quantitative estimate of drug-likeness (QED) is 0.734. The highest BCUT2D eigenvalue weighted by Crippen LogP contribution is 2.13. The maximum atomic E-state index is 12.3. The highest BCUT2D eigenvalue weighted by molar-refractivity contribution is 5.90. The van der Waals surface area contributed by atoms with Crippen molar-refractivity contribution in [3.8, 4) is 5.69 Å². The first-order valence-electron chi connectivity index (χ1n) is 8.20. The number of para-hydroxylation sites is 1. The Hall–Kier alpha value is -3.41. The van der Waals surface area contributed by atoms with Gasteiger partial charge in [-0.2, -0.15) is 0 Å². The topological polar surface area (TPSA) is 73.1 Å². The van der Waals surface area contributed by atoms with Crippen LogP contribution in [0.25, 0.3) is 5.69 Å². The Balaban J connectivity index is 1.82. The number of aromatic nitrogens is 2. The number of aryl methyl sites for hydroxylation is 2. The Labute approximate surface area is 150 Å². The van der Waals surface area contributed by atoms with Crippen LogP contribution in [0.15, 0.2) is 70.5 Å². The van der Waals surface area contributed by atoms with Gasteiger partial charge < -0.3 is 5.32 Å². The van der Waals surface area contributed by atoms with E-state index in [-0.39, 0.29) is 12.5 Å². The van der Waals surface area contributed by atoms with Gasteiger partial charge in [-0.25, -0.2) is 0 Å². The second kappa shape index (κ2) is 7.23. The molecule has 1 aromatic heterocycles. The first-order chi connectivity index (χ1) is 12.4. The van der Waals surface area contributed by atoms with Gasteiger partial charge in [0.15, 0.2) is 0 Å². The van der Waals surface area contributed by atoms with Crippen molar-refractivity contribution in [2.75, 3.05) is 5.32 Å². The minimum atomic E-state index is -0.744. The number of carbonyl (C=O) groups excluding carboxylic acids is 1. The zero-order chi connectivity index (χ0) is 18.7. The van der Waals surface area contributed by atoms with E-state index in [1.165, 1.54) is 17.0 Å². The van der Waals surface area contributed by atoms with Crippen LogP contribution in [-0.2, 0) is 11.3 Å². The summed E-state index contributed by atoms with van der Waals surface area (Å²) in [7, 11) is 0. The minimum Gasteiger partial charge on any atom is -0.325 e. The predicted octanol–water partition coefficient (Wildman–Crippen LogP) is 2.25. The Kier molecular flexibility index (Phi) is 4.84. The number of hydrogen-bond donors (Lipinski definition) is 1. The highest BCUT2D eigenvalue weighted by atomic mass is 16.2. The number of hydrogen-bond acceptors (Lipinski definition) is 3. The number of anilines is 1. The molecule has 0 aliphatic carbocycles. The van der Waals surface area contributed by atoms with E-state index in [1.807, 2.05) is 38.1 Å². The van der Waals surface area contributed by atoms with Gasteiger partial charge in [0.05, 0.1) is 0 Å². The van der Waals surface area contributed by atoms with Crippen molar-refractivity contribution >= 4 is 11.6 Å². The molecule has 1 amide bonds. The van der Waals surface area contributed by atoms with Crippen molar-refractivity contribution in [2.24, 2.45) is 0 Å². The van der Waals surface area contributed by atoms with Gasteiger partial charge in [-0.05, 0) is 49.2 Å². The molecule has 0 bridgehead atoms. The van der Waals surface area contributed by atoms with E-state index in [1.54, 1.807) is 24.3 Å². The molecule has 0 aliphatic heterocycles. The minimum absolute atomic E-state index is 0.226. The maximum Gasteiger partial charge on any atom is 0.320 e. The molecule has 6 heteroatoms. The average molecular weight is 349 g/mol. The van der Waals surface area contributed by atoms with E-state index < -0.39 is 11.1 Å². The van der Waals surface area contributed by atoms with Gasteiger partial charge in [0.2, 0.25) is 5.91 Å². The Bertz CT molecular complexity index is 1050. The zero-order valence-electron chi connectivity index (χ0n) is 14.6. The second-order valence-electron chi connectivity index (χ2n) is 6.17. The molecule has 6 nitrogen and oxygen atoms in total. The normalized spacial score (nSPS) is 10.5. The van der Waals surface area contributed by atoms with Crippen LogP contribution < -0.4 is 16.4 Å². The van der Waals surface area contributed by atoms with E-state index in [9.17, 15) is 14.4 Å². The van der Waals surface area contributed by atoms with E-state index in [4.69, 9.17) is 0 Å². The summed E-state index contributed by atoms with van der Waals surface area (Å²) in [5, 5.41) is 2.76. The highest BCUT2D eigenvalue weighted by Gasteiger charge is 2.10. The van der Waals surface area contributed by atoms with E-state index in [2.05, 4.69) is 5.32 Å². The molecule has 3 aromatic rings. The average Bonchev–Trinajstić information content (AvgIpc) is 2.59. The van der Waals surface area contributed by atoms with Gasteiger partial charge in [-0.15, -0.1) is 0 Å². The van der Waals surface area contributed by atoms with Gasteiger partial charge >= 0.3 is 11.1 Å². The van der Waals surface area contributed by atoms with Crippen LogP contribution >= 0.6 is 0 Å². The Morgan fingerprint density at radius 2 is 1.58 bits per heavy atom. The van der Waals surface area contributed by atoms with Gasteiger partial charge in [-0.1, -0.05) is 24.3 Å². The molecule has 2 aromatic carbocycles. The van der Waals surface area contributed by atoms with Crippen LogP contribution in [-0.4, -0.2) is 15.0 Å². The van der Waals surface area contributed by atoms with Gasteiger partial charge in [0.1, 0.15) is 6.54 Å². The molecule has 0 unspecified atom stereocenters. The maximum absolute atomic E-state index is 12.3. The molecular formula is C20H19N3O3. The number of rotatable bonds is 4. The lowest BCUT2D eigenvalue weighted by Gasteiger charge is -2.10. The molecule has 1 N–H and O–H groups in total. The monoisotopic (exact) mass is 349 g/mol. The molecule has 1 heterocycles. The summed E-state index contributed by atoms with van der Waals surface area (Å²) >= 11 is 0. The molecule has 132 valence electrons.